The molecule has 1 aromatic carbocycles. The molecular formula is C10H12N2O2. The van der Waals surface area contributed by atoms with Gasteiger partial charge in [-0.05, 0) is 30.7 Å². The van der Waals surface area contributed by atoms with Gasteiger partial charge in [-0.3, -0.25) is 4.79 Å². The number of methoxy groups -OCH3 is 1. The zero-order valence-electron chi connectivity index (χ0n) is 8.13. The number of carbonyl (C=O) groups is 1. The van der Waals surface area contributed by atoms with E-state index in [0.717, 1.165) is 0 Å². The van der Waals surface area contributed by atoms with Crippen LogP contribution in [0.15, 0.2) is 18.2 Å². The minimum Gasteiger partial charge on any atom is -0.496 e. The summed E-state index contributed by atoms with van der Waals surface area (Å²) in [5, 5.41) is 7.41. The Morgan fingerprint density at radius 2 is 2.14 bits per heavy atom. The molecule has 1 amide bonds. The smallest absolute Gasteiger partial charge is 0.252 e. The molecule has 0 unspecified atom stereocenters. The van der Waals surface area contributed by atoms with Gasteiger partial charge < -0.3 is 15.9 Å². The molecule has 14 heavy (non-hydrogen) atoms. The first kappa shape index (κ1) is 10.2. The average Bonchev–Trinajstić information content (AvgIpc) is 2.16. The van der Waals surface area contributed by atoms with E-state index >= 15 is 0 Å². The first-order chi connectivity index (χ1) is 6.56. The molecule has 1 aromatic rings. The normalized spacial score (nSPS) is 9.57. The third kappa shape index (κ3) is 1.90. The summed E-state index contributed by atoms with van der Waals surface area (Å²) in [6.07, 6.45) is 0. The van der Waals surface area contributed by atoms with E-state index in [-0.39, 0.29) is 0 Å². The summed E-state index contributed by atoms with van der Waals surface area (Å²) < 4.78 is 4.97. The maximum atomic E-state index is 11.0. The second kappa shape index (κ2) is 3.91. The molecule has 0 aliphatic heterocycles. The van der Waals surface area contributed by atoms with Gasteiger partial charge in [0, 0.05) is 5.71 Å². The van der Waals surface area contributed by atoms with Gasteiger partial charge in [0.25, 0.3) is 5.91 Å². The van der Waals surface area contributed by atoms with Crippen molar-refractivity contribution in [3.05, 3.63) is 29.3 Å². The van der Waals surface area contributed by atoms with Crippen LogP contribution < -0.4 is 10.5 Å². The van der Waals surface area contributed by atoms with Crippen LogP contribution in [0.5, 0.6) is 5.75 Å². The molecule has 4 heteroatoms. The maximum absolute atomic E-state index is 11.0. The summed E-state index contributed by atoms with van der Waals surface area (Å²) in [4.78, 5) is 11.0. The number of amides is 1. The van der Waals surface area contributed by atoms with E-state index in [9.17, 15) is 4.79 Å². The Hall–Kier alpha value is -1.84. The third-order valence-electron chi connectivity index (χ3n) is 1.90. The van der Waals surface area contributed by atoms with Crippen LogP contribution in [0.3, 0.4) is 0 Å². The standard InChI is InChI=1S/C10H12N2O2/c1-6(11)7-3-4-9(14-2)8(5-7)10(12)13/h3-5,11H,1-2H3,(H2,12,13). The van der Waals surface area contributed by atoms with E-state index in [0.29, 0.717) is 22.6 Å². The van der Waals surface area contributed by atoms with Crippen LogP contribution in [-0.2, 0) is 0 Å². The summed E-state index contributed by atoms with van der Waals surface area (Å²) in [5.74, 6) is -0.118. The number of primary amides is 1. The Labute approximate surface area is 82.2 Å². The van der Waals surface area contributed by atoms with E-state index in [2.05, 4.69) is 0 Å². The van der Waals surface area contributed by atoms with Crippen molar-refractivity contribution in [3.8, 4) is 5.75 Å². The lowest BCUT2D eigenvalue weighted by Crippen LogP contribution is -2.13. The topological polar surface area (TPSA) is 76.2 Å². The highest BCUT2D eigenvalue weighted by molar-refractivity contribution is 6.01. The molecule has 0 saturated carbocycles. The van der Waals surface area contributed by atoms with E-state index in [1.807, 2.05) is 0 Å². The number of benzene rings is 1. The number of carbonyl (C=O) groups excluding carboxylic acids is 1. The van der Waals surface area contributed by atoms with Crippen molar-refractivity contribution in [2.24, 2.45) is 5.73 Å². The molecule has 0 aromatic heterocycles. The second-order valence-corrected chi connectivity index (χ2v) is 2.90. The minimum atomic E-state index is -0.551. The van der Waals surface area contributed by atoms with Crippen LogP contribution in [0, 0.1) is 5.41 Å². The molecule has 0 atom stereocenters. The Bertz CT molecular complexity index is 386. The van der Waals surface area contributed by atoms with E-state index in [4.69, 9.17) is 15.9 Å². The lowest BCUT2D eigenvalue weighted by molar-refractivity contribution is 0.0997. The van der Waals surface area contributed by atoms with Crippen LogP contribution in [0.1, 0.15) is 22.8 Å². The third-order valence-corrected chi connectivity index (χ3v) is 1.90. The summed E-state index contributed by atoms with van der Waals surface area (Å²) in [5.41, 5.74) is 6.52. The van der Waals surface area contributed by atoms with Crippen molar-refractivity contribution in [3.63, 3.8) is 0 Å². The summed E-state index contributed by atoms with van der Waals surface area (Å²) in [6, 6.07) is 4.91. The number of hydrogen-bond donors (Lipinski definition) is 2. The highest BCUT2D eigenvalue weighted by Gasteiger charge is 2.09. The van der Waals surface area contributed by atoms with Crippen LogP contribution >= 0.6 is 0 Å². The molecule has 74 valence electrons. The van der Waals surface area contributed by atoms with Gasteiger partial charge >= 0.3 is 0 Å². The Balaban J connectivity index is 3.27. The van der Waals surface area contributed by atoms with Crippen molar-refractivity contribution < 1.29 is 9.53 Å². The molecule has 0 aliphatic rings. The van der Waals surface area contributed by atoms with Crippen LogP contribution in [0.25, 0.3) is 0 Å². The summed E-state index contributed by atoms with van der Waals surface area (Å²) >= 11 is 0. The molecule has 0 spiro atoms. The first-order valence-electron chi connectivity index (χ1n) is 4.09. The predicted molar refractivity (Wildman–Crippen MR) is 54.0 cm³/mol. The quantitative estimate of drug-likeness (QED) is 0.705. The lowest BCUT2D eigenvalue weighted by Gasteiger charge is -2.07. The largest absolute Gasteiger partial charge is 0.496 e. The second-order valence-electron chi connectivity index (χ2n) is 2.90. The maximum Gasteiger partial charge on any atom is 0.252 e. The van der Waals surface area contributed by atoms with Crippen molar-refractivity contribution in [2.45, 2.75) is 6.92 Å². The van der Waals surface area contributed by atoms with Gasteiger partial charge in [-0.15, -0.1) is 0 Å². The highest BCUT2D eigenvalue weighted by atomic mass is 16.5. The van der Waals surface area contributed by atoms with Gasteiger partial charge in [-0.2, -0.15) is 0 Å². The fourth-order valence-corrected chi connectivity index (χ4v) is 1.13. The fraction of sp³-hybridized carbons (Fsp3) is 0.200. The monoisotopic (exact) mass is 192 g/mol. The first-order valence-corrected chi connectivity index (χ1v) is 4.09. The number of nitrogens with two attached hydrogens (primary N) is 1. The van der Waals surface area contributed by atoms with Crippen molar-refractivity contribution in [1.82, 2.24) is 0 Å². The molecule has 0 bridgehead atoms. The van der Waals surface area contributed by atoms with Gasteiger partial charge in [-0.25, -0.2) is 0 Å². The van der Waals surface area contributed by atoms with Gasteiger partial charge in [0.2, 0.25) is 0 Å². The molecule has 0 aliphatic carbocycles. The van der Waals surface area contributed by atoms with Crippen molar-refractivity contribution in [2.75, 3.05) is 7.11 Å². The average molecular weight is 192 g/mol. The summed E-state index contributed by atoms with van der Waals surface area (Å²) in [7, 11) is 1.47. The predicted octanol–water partition coefficient (Wildman–Crippen LogP) is 1.18. The minimum absolute atomic E-state index is 0.302. The van der Waals surface area contributed by atoms with Crippen LogP contribution in [0.2, 0.25) is 0 Å². The Morgan fingerprint density at radius 3 is 2.57 bits per heavy atom. The Kier molecular flexibility index (Phi) is 2.86. The molecule has 0 fully saturated rings. The number of hydrogen-bond acceptors (Lipinski definition) is 3. The fourth-order valence-electron chi connectivity index (χ4n) is 1.13. The number of nitrogens with one attached hydrogen (secondary N) is 1. The van der Waals surface area contributed by atoms with Gasteiger partial charge in [0.15, 0.2) is 0 Å². The molecular weight excluding hydrogens is 180 g/mol. The van der Waals surface area contributed by atoms with Gasteiger partial charge in [-0.1, -0.05) is 0 Å². The van der Waals surface area contributed by atoms with E-state index < -0.39 is 5.91 Å². The number of rotatable bonds is 3. The lowest BCUT2D eigenvalue weighted by atomic mass is 10.1. The molecule has 0 heterocycles. The SMILES string of the molecule is COc1ccc(C(C)=N)cc1C(N)=O. The van der Waals surface area contributed by atoms with Gasteiger partial charge in [0.1, 0.15) is 5.75 Å². The van der Waals surface area contributed by atoms with E-state index in [1.165, 1.54) is 7.11 Å². The van der Waals surface area contributed by atoms with Gasteiger partial charge in [0.05, 0.1) is 12.7 Å². The molecule has 0 saturated heterocycles. The molecule has 4 nitrogen and oxygen atoms in total. The number of ether oxygens (including phenoxy) is 1. The van der Waals surface area contributed by atoms with Crippen LogP contribution in [-0.4, -0.2) is 18.7 Å². The molecule has 3 N–H and O–H groups in total. The zero-order chi connectivity index (χ0) is 10.7. The molecule has 1 rings (SSSR count). The van der Waals surface area contributed by atoms with Crippen molar-refractivity contribution in [1.29, 1.82) is 5.41 Å². The summed E-state index contributed by atoms with van der Waals surface area (Å²) in [6.45, 7) is 1.65. The highest BCUT2D eigenvalue weighted by Crippen LogP contribution is 2.19. The van der Waals surface area contributed by atoms with Crippen molar-refractivity contribution >= 4 is 11.6 Å². The molecule has 0 radical (unpaired) electrons. The zero-order valence-corrected chi connectivity index (χ0v) is 8.13. The Morgan fingerprint density at radius 1 is 1.50 bits per heavy atom. The van der Waals surface area contributed by atoms with E-state index in [1.54, 1.807) is 25.1 Å². The van der Waals surface area contributed by atoms with Crippen LogP contribution in [0.4, 0.5) is 0 Å².